The van der Waals surface area contributed by atoms with Gasteiger partial charge in [0.25, 0.3) is 5.91 Å². The average Bonchev–Trinajstić information content (AvgIpc) is 2.53. The highest BCUT2D eigenvalue weighted by molar-refractivity contribution is 9.10. The third kappa shape index (κ3) is 1.83. The van der Waals surface area contributed by atoms with Gasteiger partial charge in [0, 0.05) is 16.6 Å². The molecule has 0 radical (unpaired) electrons. The van der Waals surface area contributed by atoms with Crippen LogP contribution in [-0.2, 0) is 5.54 Å². The molecule has 2 nitrogen and oxygen atoms in total. The Morgan fingerprint density at radius 1 is 1.39 bits per heavy atom. The molecule has 1 aliphatic heterocycles. The Morgan fingerprint density at radius 3 is 2.72 bits per heavy atom. The van der Waals surface area contributed by atoms with Crippen LogP contribution in [0.2, 0.25) is 0 Å². The summed E-state index contributed by atoms with van der Waals surface area (Å²) in [4.78, 5) is 14.3. The fraction of sp³-hybridized carbons (Fsp3) is 0.267. The molecular weight excluding hydrogens is 290 g/mol. The molecule has 18 heavy (non-hydrogen) atoms. The lowest BCUT2D eigenvalue weighted by molar-refractivity contribution is 0.0625. The van der Waals surface area contributed by atoms with E-state index in [9.17, 15) is 4.79 Å². The van der Waals surface area contributed by atoms with E-state index < -0.39 is 0 Å². The first-order valence-electron chi connectivity index (χ1n) is 5.88. The van der Waals surface area contributed by atoms with Crippen LogP contribution in [0.5, 0.6) is 0 Å². The number of hydrogen-bond donors (Lipinski definition) is 0. The molecule has 0 aliphatic carbocycles. The fourth-order valence-electron chi connectivity index (χ4n) is 2.58. The average molecular weight is 306 g/mol. The second-order valence-corrected chi connectivity index (χ2v) is 5.58. The molecule has 1 amide bonds. The maximum absolute atomic E-state index is 12.4. The third-order valence-electron chi connectivity index (χ3n) is 3.49. The number of fused-ring (bicyclic) bond motifs is 1. The SMILES string of the molecule is C=CCN1C(=O)c2ccc(Br)cc2C1(C)CC=C. The minimum absolute atomic E-state index is 0.0711. The van der Waals surface area contributed by atoms with Crippen molar-refractivity contribution in [2.75, 3.05) is 6.54 Å². The molecule has 0 fully saturated rings. The molecule has 1 unspecified atom stereocenters. The Labute approximate surface area is 116 Å². The van der Waals surface area contributed by atoms with Crippen LogP contribution < -0.4 is 0 Å². The Morgan fingerprint density at radius 2 is 2.11 bits per heavy atom. The van der Waals surface area contributed by atoms with E-state index in [0.717, 1.165) is 22.0 Å². The van der Waals surface area contributed by atoms with Crippen LogP contribution in [0.1, 0.15) is 29.3 Å². The van der Waals surface area contributed by atoms with Crippen molar-refractivity contribution in [1.82, 2.24) is 4.90 Å². The second kappa shape index (κ2) is 4.73. The van der Waals surface area contributed by atoms with Crippen LogP contribution >= 0.6 is 15.9 Å². The summed E-state index contributed by atoms with van der Waals surface area (Å²) in [5.41, 5.74) is 1.51. The molecule has 0 N–H and O–H groups in total. The van der Waals surface area contributed by atoms with Gasteiger partial charge in [-0.25, -0.2) is 0 Å². The lowest BCUT2D eigenvalue weighted by atomic mass is 9.88. The van der Waals surface area contributed by atoms with Crippen LogP contribution in [-0.4, -0.2) is 17.4 Å². The normalized spacial score (nSPS) is 21.9. The van der Waals surface area contributed by atoms with Crippen LogP contribution in [0.4, 0.5) is 0 Å². The Hall–Kier alpha value is -1.35. The highest BCUT2D eigenvalue weighted by Gasteiger charge is 2.44. The van der Waals surface area contributed by atoms with Crippen molar-refractivity contribution in [1.29, 1.82) is 0 Å². The number of nitrogens with zero attached hydrogens (tertiary/aromatic N) is 1. The summed E-state index contributed by atoms with van der Waals surface area (Å²) in [6.07, 6.45) is 4.36. The minimum Gasteiger partial charge on any atom is -0.325 e. The number of benzene rings is 1. The topological polar surface area (TPSA) is 20.3 Å². The second-order valence-electron chi connectivity index (χ2n) is 4.66. The van der Waals surface area contributed by atoms with Gasteiger partial charge in [-0.05, 0) is 37.1 Å². The number of carbonyl (C=O) groups is 1. The molecule has 1 atom stereocenters. The van der Waals surface area contributed by atoms with Gasteiger partial charge in [-0.2, -0.15) is 0 Å². The van der Waals surface area contributed by atoms with Gasteiger partial charge in [-0.1, -0.05) is 28.1 Å². The molecule has 94 valence electrons. The standard InChI is InChI=1S/C15H16BrNO/c1-4-8-15(3)13-10-11(16)6-7-12(13)14(18)17(15)9-5-2/h4-7,10H,1-2,8-9H2,3H3. The Kier molecular flexibility index (Phi) is 3.44. The third-order valence-corrected chi connectivity index (χ3v) is 3.98. The summed E-state index contributed by atoms with van der Waals surface area (Å²) in [6, 6.07) is 5.81. The van der Waals surface area contributed by atoms with E-state index in [1.165, 1.54) is 0 Å². The molecule has 0 aromatic heterocycles. The Balaban J connectivity index is 2.60. The number of hydrogen-bond acceptors (Lipinski definition) is 1. The monoisotopic (exact) mass is 305 g/mol. The summed E-state index contributed by atoms with van der Waals surface area (Å²) in [5, 5.41) is 0. The summed E-state index contributed by atoms with van der Waals surface area (Å²) < 4.78 is 0.991. The summed E-state index contributed by atoms with van der Waals surface area (Å²) in [7, 11) is 0. The zero-order valence-electron chi connectivity index (χ0n) is 10.4. The summed E-state index contributed by atoms with van der Waals surface area (Å²) >= 11 is 3.47. The highest BCUT2D eigenvalue weighted by Crippen LogP contribution is 2.42. The van der Waals surface area contributed by atoms with Crippen LogP contribution in [0.25, 0.3) is 0 Å². The molecule has 2 rings (SSSR count). The van der Waals surface area contributed by atoms with E-state index in [-0.39, 0.29) is 11.4 Å². The first kappa shape index (κ1) is 13.1. The fourth-order valence-corrected chi connectivity index (χ4v) is 2.94. The number of amides is 1. The van der Waals surface area contributed by atoms with Crippen molar-refractivity contribution >= 4 is 21.8 Å². The lowest BCUT2D eigenvalue weighted by Crippen LogP contribution is -2.41. The highest BCUT2D eigenvalue weighted by atomic mass is 79.9. The van der Waals surface area contributed by atoms with Crippen molar-refractivity contribution in [3.8, 4) is 0 Å². The lowest BCUT2D eigenvalue weighted by Gasteiger charge is -2.34. The zero-order chi connectivity index (χ0) is 13.3. The van der Waals surface area contributed by atoms with Gasteiger partial charge in [-0.15, -0.1) is 13.2 Å². The van der Waals surface area contributed by atoms with E-state index in [2.05, 4.69) is 36.0 Å². The van der Waals surface area contributed by atoms with Gasteiger partial charge in [0.2, 0.25) is 0 Å². The molecule has 0 saturated carbocycles. The van der Waals surface area contributed by atoms with Gasteiger partial charge in [-0.3, -0.25) is 4.79 Å². The van der Waals surface area contributed by atoms with Gasteiger partial charge < -0.3 is 4.90 Å². The number of halogens is 1. The van der Waals surface area contributed by atoms with Crippen molar-refractivity contribution in [3.63, 3.8) is 0 Å². The molecule has 1 aromatic carbocycles. The molecular formula is C15H16BrNO. The van der Waals surface area contributed by atoms with Gasteiger partial charge in [0.15, 0.2) is 0 Å². The molecule has 1 heterocycles. The van der Waals surface area contributed by atoms with Crippen LogP contribution in [0.3, 0.4) is 0 Å². The van der Waals surface area contributed by atoms with Crippen molar-refractivity contribution in [2.45, 2.75) is 18.9 Å². The quantitative estimate of drug-likeness (QED) is 0.773. The van der Waals surface area contributed by atoms with Crippen molar-refractivity contribution < 1.29 is 4.79 Å². The van der Waals surface area contributed by atoms with Crippen molar-refractivity contribution in [2.24, 2.45) is 0 Å². The minimum atomic E-state index is -0.327. The van der Waals surface area contributed by atoms with E-state index in [4.69, 9.17) is 0 Å². The maximum Gasteiger partial charge on any atom is 0.255 e. The largest absolute Gasteiger partial charge is 0.325 e. The summed E-state index contributed by atoms with van der Waals surface area (Å²) in [6.45, 7) is 10.2. The smallest absolute Gasteiger partial charge is 0.255 e. The Bertz CT molecular complexity index is 523. The van der Waals surface area contributed by atoms with Crippen LogP contribution in [0, 0.1) is 0 Å². The predicted octanol–water partition coefficient (Wildman–Crippen LogP) is 3.88. The molecule has 0 saturated heterocycles. The molecule has 3 heteroatoms. The van der Waals surface area contributed by atoms with E-state index in [1.807, 2.05) is 29.2 Å². The first-order chi connectivity index (χ1) is 8.54. The molecule has 0 spiro atoms. The predicted molar refractivity (Wildman–Crippen MR) is 77.5 cm³/mol. The van der Waals surface area contributed by atoms with Crippen LogP contribution in [0.15, 0.2) is 48.0 Å². The van der Waals surface area contributed by atoms with Crippen molar-refractivity contribution in [3.05, 3.63) is 59.1 Å². The maximum atomic E-state index is 12.4. The number of carbonyl (C=O) groups excluding carboxylic acids is 1. The van der Waals surface area contributed by atoms with E-state index in [1.54, 1.807) is 6.08 Å². The van der Waals surface area contributed by atoms with E-state index in [0.29, 0.717) is 6.54 Å². The van der Waals surface area contributed by atoms with Gasteiger partial charge in [0.05, 0.1) is 5.54 Å². The molecule has 0 bridgehead atoms. The first-order valence-corrected chi connectivity index (χ1v) is 6.67. The zero-order valence-corrected chi connectivity index (χ0v) is 12.0. The van der Waals surface area contributed by atoms with Gasteiger partial charge in [0.1, 0.15) is 0 Å². The number of rotatable bonds is 4. The summed E-state index contributed by atoms with van der Waals surface area (Å²) in [5.74, 6) is 0.0711. The molecule has 1 aromatic rings. The molecule has 1 aliphatic rings. The van der Waals surface area contributed by atoms with Gasteiger partial charge >= 0.3 is 0 Å². The van der Waals surface area contributed by atoms with E-state index >= 15 is 0 Å².